The maximum Gasteiger partial charge on any atom is 0.302 e. The van der Waals surface area contributed by atoms with Gasteiger partial charge in [0.05, 0.1) is 0 Å². The van der Waals surface area contributed by atoms with Crippen molar-refractivity contribution >= 4 is 5.97 Å². The number of hydrogen-bond acceptors (Lipinski definition) is 2. The van der Waals surface area contributed by atoms with Gasteiger partial charge in [-0.2, -0.15) is 0 Å². The van der Waals surface area contributed by atoms with E-state index >= 15 is 0 Å². The van der Waals surface area contributed by atoms with E-state index < -0.39 is 0 Å². The Morgan fingerprint density at radius 2 is 1.90 bits per heavy atom. The molecule has 2 heteroatoms. The zero-order chi connectivity index (χ0) is 21.5. The summed E-state index contributed by atoms with van der Waals surface area (Å²) in [5.41, 5.74) is 2.57. The molecule has 0 aromatic heterocycles. The molecule has 7 atom stereocenters. The van der Waals surface area contributed by atoms with Gasteiger partial charge in [-0.25, -0.2) is 0 Å². The van der Waals surface area contributed by atoms with Crippen LogP contribution < -0.4 is 0 Å². The van der Waals surface area contributed by atoms with Gasteiger partial charge >= 0.3 is 5.97 Å². The average Bonchev–Trinajstić information content (AvgIpc) is 3.01. The fourth-order valence-electron chi connectivity index (χ4n) is 8.49. The summed E-state index contributed by atoms with van der Waals surface area (Å²) in [6.45, 7) is 11.5. The van der Waals surface area contributed by atoms with Crippen LogP contribution in [-0.4, -0.2) is 12.1 Å². The third kappa shape index (κ3) is 4.02. The van der Waals surface area contributed by atoms with E-state index in [9.17, 15) is 4.79 Å². The zero-order valence-electron chi connectivity index (χ0n) is 20.3. The number of allylic oxidation sites excluding steroid dienone is 1. The monoisotopic (exact) mass is 414 g/mol. The minimum atomic E-state index is -0.114. The highest BCUT2D eigenvalue weighted by molar-refractivity contribution is 5.66. The number of unbranched alkanes of at least 4 members (excludes halogenated alkanes) is 1. The number of fused-ring (bicyclic) bond motifs is 5. The lowest BCUT2D eigenvalue weighted by Gasteiger charge is -2.58. The Morgan fingerprint density at radius 3 is 2.63 bits per heavy atom. The Kier molecular flexibility index (Phi) is 6.44. The van der Waals surface area contributed by atoms with Crippen LogP contribution in [0.3, 0.4) is 0 Å². The van der Waals surface area contributed by atoms with Gasteiger partial charge in [0.2, 0.25) is 0 Å². The van der Waals surface area contributed by atoms with Gasteiger partial charge in [0, 0.05) is 13.3 Å². The van der Waals surface area contributed by atoms with Crippen molar-refractivity contribution < 1.29 is 9.53 Å². The largest absolute Gasteiger partial charge is 0.462 e. The van der Waals surface area contributed by atoms with E-state index in [4.69, 9.17) is 4.74 Å². The first-order chi connectivity index (χ1) is 14.2. The molecule has 0 aromatic rings. The minimum Gasteiger partial charge on any atom is -0.462 e. The highest BCUT2D eigenvalue weighted by atomic mass is 16.5. The number of ether oxygens (including phenoxy) is 1. The van der Waals surface area contributed by atoms with Gasteiger partial charge in [-0.05, 0) is 91.8 Å². The van der Waals surface area contributed by atoms with E-state index in [0.717, 1.165) is 42.4 Å². The number of hydrogen-bond donors (Lipinski definition) is 0. The standard InChI is InChI=1S/C28H46O2/c1-19(2)8-6-7-9-21-11-13-25-24-12-10-22-18-23(30-20(3)29)14-16-28(22,5)26(24)15-17-27(21,25)4/h10,19,21,23-26H,6-9,11-18H2,1-5H3/t21-,23+,24-,25-,26-,27-,28+/m1/s1. The van der Waals surface area contributed by atoms with E-state index in [1.165, 1.54) is 64.2 Å². The second-order valence-electron chi connectivity index (χ2n) is 12.2. The molecule has 0 radical (unpaired) electrons. The molecule has 0 amide bonds. The molecule has 4 aliphatic rings. The predicted molar refractivity (Wildman–Crippen MR) is 124 cm³/mol. The van der Waals surface area contributed by atoms with Gasteiger partial charge in [0.15, 0.2) is 0 Å². The van der Waals surface area contributed by atoms with Gasteiger partial charge < -0.3 is 4.74 Å². The summed E-state index contributed by atoms with van der Waals surface area (Å²) in [5, 5.41) is 0. The first kappa shape index (κ1) is 22.4. The number of esters is 1. The van der Waals surface area contributed by atoms with Crippen LogP contribution >= 0.6 is 0 Å². The summed E-state index contributed by atoms with van der Waals surface area (Å²) < 4.78 is 5.60. The summed E-state index contributed by atoms with van der Waals surface area (Å²) >= 11 is 0. The van der Waals surface area contributed by atoms with Crippen LogP contribution in [-0.2, 0) is 9.53 Å². The third-order valence-electron chi connectivity index (χ3n) is 10.2. The number of rotatable bonds is 6. The maximum atomic E-state index is 11.5. The molecule has 0 spiro atoms. The Morgan fingerprint density at radius 1 is 1.10 bits per heavy atom. The van der Waals surface area contributed by atoms with E-state index in [1.54, 1.807) is 12.5 Å². The topological polar surface area (TPSA) is 26.3 Å². The smallest absolute Gasteiger partial charge is 0.302 e. The van der Waals surface area contributed by atoms with Crippen LogP contribution in [0.1, 0.15) is 112 Å². The number of carbonyl (C=O) groups is 1. The molecule has 0 unspecified atom stereocenters. The second-order valence-corrected chi connectivity index (χ2v) is 12.2. The van der Waals surface area contributed by atoms with Crippen LogP contribution in [0.15, 0.2) is 11.6 Å². The van der Waals surface area contributed by atoms with E-state index in [0.29, 0.717) is 10.8 Å². The highest BCUT2D eigenvalue weighted by Crippen LogP contribution is 2.66. The van der Waals surface area contributed by atoms with Gasteiger partial charge in [-0.15, -0.1) is 0 Å². The first-order valence-corrected chi connectivity index (χ1v) is 13.1. The van der Waals surface area contributed by atoms with Crippen molar-refractivity contribution in [2.45, 2.75) is 118 Å². The van der Waals surface area contributed by atoms with Crippen LogP contribution in [0.4, 0.5) is 0 Å². The Bertz CT molecular complexity index is 664. The molecular weight excluding hydrogens is 368 g/mol. The Hall–Kier alpha value is -0.790. The van der Waals surface area contributed by atoms with Crippen LogP contribution in [0.5, 0.6) is 0 Å². The number of carbonyl (C=O) groups excluding carboxylic acids is 1. The van der Waals surface area contributed by atoms with Gasteiger partial charge in [-0.1, -0.05) is 58.6 Å². The molecular formula is C28H46O2. The molecule has 4 rings (SSSR count). The lowest BCUT2D eigenvalue weighted by molar-refractivity contribution is -0.148. The quantitative estimate of drug-likeness (QED) is 0.253. The molecule has 0 saturated heterocycles. The van der Waals surface area contributed by atoms with Gasteiger partial charge in [0.25, 0.3) is 0 Å². The molecule has 4 aliphatic carbocycles. The molecule has 0 aromatic carbocycles. The molecule has 0 aliphatic heterocycles. The normalized spacial score (nSPS) is 42.9. The summed E-state index contributed by atoms with van der Waals surface area (Å²) in [7, 11) is 0. The van der Waals surface area contributed by atoms with E-state index in [-0.39, 0.29) is 12.1 Å². The summed E-state index contributed by atoms with van der Waals surface area (Å²) in [6.07, 6.45) is 18.8. The van der Waals surface area contributed by atoms with Crippen LogP contribution in [0, 0.1) is 40.4 Å². The fraction of sp³-hybridized carbons (Fsp3) is 0.893. The average molecular weight is 415 g/mol. The second kappa shape index (κ2) is 8.62. The molecule has 0 N–H and O–H groups in total. The van der Waals surface area contributed by atoms with Crippen molar-refractivity contribution in [3.63, 3.8) is 0 Å². The van der Waals surface area contributed by atoms with Gasteiger partial charge in [0.1, 0.15) is 6.10 Å². The van der Waals surface area contributed by atoms with Crippen molar-refractivity contribution in [3.05, 3.63) is 11.6 Å². The summed E-state index contributed by atoms with van der Waals surface area (Å²) in [5.74, 6) is 4.39. The first-order valence-electron chi connectivity index (χ1n) is 13.1. The summed E-state index contributed by atoms with van der Waals surface area (Å²) in [4.78, 5) is 11.5. The maximum absolute atomic E-state index is 11.5. The third-order valence-corrected chi connectivity index (χ3v) is 10.2. The molecule has 3 saturated carbocycles. The molecule has 0 heterocycles. The van der Waals surface area contributed by atoms with E-state index in [2.05, 4.69) is 33.8 Å². The van der Waals surface area contributed by atoms with Crippen LogP contribution in [0.2, 0.25) is 0 Å². The lowest BCUT2D eigenvalue weighted by atomic mass is 9.47. The van der Waals surface area contributed by atoms with Crippen molar-refractivity contribution in [2.24, 2.45) is 40.4 Å². The predicted octanol–water partition coefficient (Wildman–Crippen LogP) is 7.71. The lowest BCUT2D eigenvalue weighted by Crippen LogP contribution is -2.50. The van der Waals surface area contributed by atoms with Crippen molar-refractivity contribution in [2.75, 3.05) is 0 Å². The molecule has 170 valence electrons. The van der Waals surface area contributed by atoms with Crippen LogP contribution in [0.25, 0.3) is 0 Å². The zero-order valence-corrected chi connectivity index (χ0v) is 20.3. The molecule has 0 bridgehead atoms. The van der Waals surface area contributed by atoms with E-state index in [1.807, 2.05) is 0 Å². The molecule has 2 nitrogen and oxygen atoms in total. The highest BCUT2D eigenvalue weighted by Gasteiger charge is 2.58. The molecule has 3 fully saturated rings. The van der Waals surface area contributed by atoms with Gasteiger partial charge in [-0.3, -0.25) is 4.79 Å². The Labute approximate surface area is 185 Å². The van der Waals surface area contributed by atoms with Crippen molar-refractivity contribution in [3.8, 4) is 0 Å². The van der Waals surface area contributed by atoms with Crippen molar-refractivity contribution in [1.29, 1.82) is 0 Å². The fourth-order valence-corrected chi connectivity index (χ4v) is 8.49. The minimum absolute atomic E-state index is 0.114. The Balaban J connectivity index is 1.44. The SMILES string of the molecule is CC(=O)O[C@H]1CC[C@@]2(C)C(=CC[C@@H]3[C@H]4CC[C@@H](CCCCC(C)C)[C@@]4(C)CC[C@H]32)C1. The van der Waals surface area contributed by atoms with Crippen molar-refractivity contribution in [1.82, 2.24) is 0 Å². The molecule has 30 heavy (non-hydrogen) atoms. The summed E-state index contributed by atoms with van der Waals surface area (Å²) in [6, 6.07) is 0.